The van der Waals surface area contributed by atoms with Gasteiger partial charge in [-0.05, 0) is 75.6 Å². The molecule has 2 aromatic carbocycles. The maximum absolute atomic E-state index is 13.2. The van der Waals surface area contributed by atoms with Gasteiger partial charge in [-0.1, -0.05) is 11.6 Å². The summed E-state index contributed by atoms with van der Waals surface area (Å²) >= 11 is 5.90. The predicted molar refractivity (Wildman–Crippen MR) is 117 cm³/mol. The Labute approximate surface area is 181 Å². The van der Waals surface area contributed by atoms with Gasteiger partial charge in [-0.15, -0.1) is 0 Å². The van der Waals surface area contributed by atoms with Gasteiger partial charge in [-0.3, -0.25) is 0 Å². The summed E-state index contributed by atoms with van der Waals surface area (Å²) in [5.74, 6) is 1.01. The lowest BCUT2D eigenvalue weighted by atomic mass is 10.2. The van der Waals surface area contributed by atoms with Crippen LogP contribution < -0.4 is 10.1 Å². The number of methoxy groups -OCH3 is 1. The van der Waals surface area contributed by atoms with E-state index in [0.717, 1.165) is 13.0 Å². The van der Waals surface area contributed by atoms with Crippen molar-refractivity contribution in [2.45, 2.75) is 16.3 Å². The highest BCUT2D eigenvalue weighted by Crippen LogP contribution is 2.33. The van der Waals surface area contributed by atoms with Gasteiger partial charge in [0.1, 0.15) is 5.75 Å². The molecule has 3 aromatic rings. The van der Waals surface area contributed by atoms with Crippen molar-refractivity contribution in [1.29, 1.82) is 0 Å². The minimum absolute atomic E-state index is 0.0952. The van der Waals surface area contributed by atoms with Crippen LogP contribution in [-0.2, 0) is 9.84 Å². The Morgan fingerprint density at radius 1 is 1.10 bits per heavy atom. The van der Waals surface area contributed by atoms with Crippen molar-refractivity contribution in [3.8, 4) is 17.2 Å². The monoisotopic (exact) mass is 449 g/mol. The van der Waals surface area contributed by atoms with E-state index in [2.05, 4.69) is 15.2 Å². The van der Waals surface area contributed by atoms with E-state index >= 15 is 0 Å². The zero-order valence-electron chi connectivity index (χ0n) is 17.1. The van der Waals surface area contributed by atoms with Crippen LogP contribution in [0.5, 0.6) is 5.75 Å². The molecule has 1 N–H and O–H groups in total. The number of anilines is 1. The smallest absolute Gasteiger partial charge is 0.233 e. The Kier molecular flexibility index (Phi) is 7.02. The number of oxazole rings is 1. The van der Waals surface area contributed by atoms with Gasteiger partial charge in [0.25, 0.3) is 0 Å². The predicted octanol–water partition coefficient (Wildman–Crippen LogP) is 4.20. The summed E-state index contributed by atoms with van der Waals surface area (Å²) in [5.41, 5.74) is 0.643. The first-order valence-electron chi connectivity index (χ1n) is 9.36. The van der Waals surface area contributed by atoms with Gasteiger partial charge in [-0.25, -0.2) is 8.42 Å². The Hall–Kier alpha value is -2.55. The number of aromatic nitrogens is 1. The van der Waals surface area contributed by atoms with Gasteiger partial charge in [0.2, 0.25) is 26.6 Å². The van der Waals surface area contributed by atoms with Gasteiger partial charge in [-0.2, -0.15) is 4.98 Å². The second-order valence-corrected chi connectivity index (χ2v) is 9.22. The average molecular weight is 450 g/mol. The molecular weight excluding hydrogens is 426 g/mol. The molecule has 7 nitrogen and oxygen atoms in total. The molecule has 0 aliphatic carbocycles. The molecule has 0 saturated carbocycles. The number of ether oxygens (including phenoxy) is 1. The van der Waals surface area contributed by atoms with Gasteiger partial charge in [0, 0.05) is 17.1 Å². The Bertz CT molecular complexity index is 1080. The first kappa shape index (κ1) is 22.1. The summed E-state index contributed by atoms with van der Waals surface area (Å²) in [6.07, 6.45) is 0.812. The summed E-state index contributed by atoms with van der Waals surface area (Å²) in [5, 5.41) is 3.38. The van der Waals surface area contributed by atoms with Gasteiger partial charge < -0.3 is 19.4 Å². The number of hydrogen-bond donors (Lipinski definition) is 1. The molecular formula is C21H24ClN3O4S. The maximum Gasteiger partial charge on any atom is 0.233 e. The van der Waals surface area contributed by atoms with Crippen LogP contribution in [-0.4, -0.2) is 52.6 Å². The number of sulfone groups is 1. The van der Waals surface area contributed by atoms with E-state index in [4.69, 9.17) is 20.8 Å². The molecule has 160 valence electrons. The second-order valence-electron chi connectivity index (χ2n) is 6.92. The third-order valence-electron chi connectivity index (χ3n) is 4.38. The summed E-state index contributed by atoms with van der Waals surface area (Å²) in [7, 11) is 1.63. The molecule has 1 aromatic heterocycles. The van der Waals surface area contributed by atoms with Crippen LogP contribution in [0.1, 0.15) is 6.42 Å². The van der Waals surface area contributed by atoms with Crippen molar-refractivity contribution in [2.24, 2.45) is 0 Å². The van der Waals surface area contributed by atoms with Crippen molar-refractivity contribution < 1.29 is 17.6 Å². The van der Waals surface area contributed by atoms with E-state index in [1.165, 1.54) is 24.3 Å². The first-order valence-corrected chi connectivity index (χ1v) is 11.2. The maximum atomic E-state index is 13.2. The molecule has 0 saturated heterocycles. The van der Waals surface area contributed by atoms with Crippen LogP contribution in [0.2, 0.25) is 5.02 Å². The molecule has 30 heavy (non-hydrogen) atoms. The minimum Gasteiger partial charge on any atom is -0.497 e. The Balaban J connectivity index is 1.97. The van der Waals surface area contributed by atoms with Crippen LogP contribution in [0, 0.1) is 0 Å². The van der Waals surface area contributed by atoms with E-state index in [1.807, 2.05) is 14.1 Å². The van der Waals surface area contributed by atoms with Crippen molar-refractivity contribution in [3.63, 3.8) is 0 Å². The number of hydrogen-bond acceptors (Lipinski definition) is 7. The van der Waals surface area contributed by atoms with Crippen LogP contribution in [0.4, 0.5) is 5.88 Å². The number of rotatable bonds is 9. The van der Waals surface area contributed by atoms with E-state index in [9.17, 15) is 8.42 Å². The molecule has 0 radical (unpaired) electrons. The molecule has 0 fully saturated rings. The van der Waals surface area contributed by atoms with E-state index in [-0.39, 0.29) is 21.7 Å². The summed E-state index contributed by atoms with van der Waals surface area (Å²) < 4.78 is 37.4. The van der Waals surface area contributed by atoms with Crippen molar-refractivity contribution in [2.75, 3.05) is 39.6 Å². The quantitative estimate of drug-likeness (QED) is 0.490. The van der Waals surface area contributed by atoms with E-state index in [1.54, 1.807) is 31.4 Å². The highest BCUT2D eigenvalue weighted by molar-refractivity contribution is 7.91. The second kappa shape index (κ2) is 9.51. The molecule has 0 aliphatic rings. The number of nitrogens with one attached hydrogen (secondary N) is 1. The SMILES string of the molecule is COc1ccc(-c2nc(S(=O)(=O)c3ccc(Cl)cc3)c(NCCCN(C)C)o2)cc1. The Morgan fingerprint density at radius 3 is 2.37 bits per heavy atom. The highest BCUT2D eigenvalue weighted by Gasteiger charge is 2.28. The van der Waals surface area contributed by atoms with E-state index < -0.39 is 9.84 Å². The molecule has 9 heteroatoms. The number of benzene rings is 2. The fourth-order valence-corrected chi connectivity index (χ4v) is 4.18. The summed E-state index contributed by atoms with van der Waals surface area (Å²) in [6.45, 7) is 1.39. The molecule has 1 heterocycles. The number of nitrogens with zero attached hydrogens (tertiary/aromatic N) is 2. The Morgan fingerprint density at radius 2 is 1.77 bits per heavy atom. The fourth-order valence-electron chi connectivity index (χ4n) is 2.78. The van der Waals surface area contributed by atoms with Crippen LogP contribution >= 0.6 is 11.6 Å². The first-order chi connectivity index (χ1) is 14.3. The molecule has 3 rings (SSSR count). The lowest BCUT2D eigenvalue weighted by molar-refractivity contribution is 0.404. The van der Waals surface area contributed by atoms with Crippen molar-refractivity contribution >= 4 is 27.3 Å². The van der Waals surface area contributed by atoms with E-state index in [0.29, 0.717) is 22.9 Å². The van der Waals surface area contributed by atoms with Gasteiger partial charge >= 0.3 is 0 Å². The third kappa shape index (κ3) is 5.13. The molecule has 0 bridgehead atoms. The topological polar surface area (TPSA) is 84.7 Å². The molecule has 0 atom stereocenters. The van der Waals surface area contributed by atoms with Crippen LogP contribution in [0.15, 0.2) is 62.9 Å². The van der Waals surface area contributed by atoms with Crippen LogP contribution in [0.3, 0.4) is 0 Å². The third-order valence-corrected chi connectivity index (χ3v) is 6.31. The summed E-state index contributed by atoms with van der Waals surface area (Å²) in [6, 6.07) is 13.0. The van der Waals surface area contributed by atoms with Gasteiger partial charge in [0.15, 0.2) is 0 Å². The lowest BCUT2D eigenvalue weighted by Crippen LogP contribution is -2.17. The summed E-state index contributed by atoms with van der Waals surface area (Å²) in [4.78, 5) is 6.47. The zero-order valence-corrected chi connectivity index (χ0v) is 18.6. The van der Waals surface area contributed by atoms with Gasteiger partial charge in [0.05, 0.1) is 12.0 Å². The lowest BCUT2D eigenvalue weighted by Gasteiger charge is -2.10. The van der Waals surface area contributed by atoms with Crippen LogP contribution in [0.25, 0.3) is 11.5 Å². The van der Waals surface area contributed by atoms with Crippen molar-refractivity contribution in [3.05, 3.63) is 53.6 Å². The normalized spacial score (nSPS) is 11.6. The molecule has 0 unspecified atom stereocenters. The van der Waals surface area contributed by atoms with Crippen molar-refractivity contribution in [1.82, 2.24) is 9.88 Å². The molecule has 0 amide bonds. The largest absolute Gasteiger partial charge is 0.497 e. The molecule has 0 spiro atoms. The fraction of sp³-hybridized carbons (Fsp3) is 0.286. The number of halogens is 1. The average Bonchev–Trinajstić information content (AvgIpc) is 3.16. The zero-order chi connectivity index (χ0) is 21.7. The standard InChI is InChI=1S/C21H24ClN3O4S/c1-25(2)14-4-13-23-20-21(30(26,27)18-11-7-16(22)8-12-18)24-19(29-20)15-5-9-17(28-3)10-6-15/h5-12,23H,4,13-14H2,1-3H3. The molecule has 0 aliphatic heterocycles. The highest BCUT2D eigenvalue weighted by atomic mass is 35.5. The minimum atomic E-state index is -3.90.